The first-order valence-electron chi connectivity index (χ1n) is 3.34. The van der Waals surface area contributed by atoms with Crippen LogP contribution >= 0.6 is 8.03 Å². The fourth-order valence-electron chi connectivity index (χ4n) is 1.06. The molecule has 0 fully saturated rings. The van der Waals surface area contributed by atoms with E-state index in [2.05, 4.69) is 0 Å². The molecule has 0 radical (unpaired) electrons. The lowest BCUT2D eigenvalue weighted by molar-refractivity contribution is 0.513. The van der Waals surface area contributed by atoms with Gasteiger partial charge in [-0.2, -0.15) is 4.89 Å². The zero-order valence-corrected chi connectivity index (χ0v) is 8.14. The summed E-state index contributed by atoms with van der Waals surface area (Å²) in [5.41, 5.74) is 2.05. The number of hydrogen-bond acceptors (Lipinski definition) is 2. The fraction of sp³-hybridized carbons (Fsp3) is 0.250. The Labute approximate surface area is 72.9 Å². The molecule has 1 unspecified atom stereocenters. The monoisotopic (exact) mass is 186 g/mol. The molecule has 0 aliphatic heterocycles. The zero-order valence-electron chi connectivity index (χ0n) is 7.24. The maximum atomic E-state index is 10.7. The lowest BCUT2D eigenvalue weighted by Gasteiger charge is -1.92. The molecule has 3 nitrogen and oxygen atoms in total. The molecule has 66 valence electrons. The number of benzene rings is 1. The SMILES string of the molecule is Cc1cc(C)cc([P+](=O)O)c1.N. The summed E-state index contributed by atoms with van der Waals surface area (Å²) in [5.74, 6) is 0. The molecule has 0 aliphatic carbocycles. The molecule has 0 aliphatic rings. The first-order valence-corrected chi connectivity index (χ1v) is 4.55. The summed E-state index contributed by atoms with van der Waals surface area (Å²) < 4.78 is 10.7. The van der Waals surface area contributed by atoms with Crippen LogP contribution in [0.2, 0.25) is 0 Å². The molecular weight excluding hydrogens is 173 g/mol. The van der Waals surface area contributed by atoms with E-state index in [0.29, 0.717) is 5.30 Å². The van der Waals surface area contributed by atoms with E-state index in [1.54, 1.807) is 12.1 Å². The second kappa shape index (κ2) is 4.31. The van der Waals surface area contributed by atoms with Crippen LogP contribution in [0.15, 0.2) is 18.2 Å². The minimum atomic E-state index is -2.18. The van der Waals surface area contributed by atoms with E-state index in [1.165, 1.54) is 0 Å². The van der Waals surface area contributed by atoms with Gasteiger partial charge in [0.2, 0.25) is 5.30 Å². The lowest BCUT2D eigenvalue weighted by Crippen LogP contribution is -1.97. The van der Waals surface area contributed by atoms with Crippen LogP contribution in [0.3, 0.4) is 0 Å². The second-order valence-electron chi connectivity index (χ2n) is 2.62. The topological polar surface area (TPSA) is 72.3 Å². The minimum absolute atomic E-state index is 0. The molecule has 0 bridgehead atoms. The largest absolute Gasteiger partial charge is 0.546 e. The number of rotatable bonds is 1. The van der Waals surface area contributed by atoms with Gasteiger partial charge in [0.1, 0.15) is 0 Å². The summed E-state index contributed by atoms with van der Waals surface area (Å²) in [6, 6.07) is 5.43. The zero-order chi connectivity index (χ0) is 8.43. The van der Waals surface area contributed by atoms with Crippen molar-refractivity contribution in [1.29, 1.82) is 0 Å². The summed E-state index contributed by atoms with van der Waals surface area (Å²) in [5, 5.41) is 0.512. The van der Waals surface area contributed by atoms with Crippen molar-refractivity contribution in [1.82, 2.24) is 6.15 Å². The van der Waals surface area contributed by atoms with E-state index in [9.17, 15) is 4.57 Å². The van der Waals surface area contributed by atoms with Crippen molar-refractivity contribution < 1.29 is 9.46 Å². The van der Waals surface area contributed by atoms with Crippen LogP contribution < -0.4 is 11.5 Å². The van der Waals surface area contributed by atoms with Gasteiger partial charge in [0.05, 0.1) is 0 Å². The predicted octanol–water partition coefficient (Wildman–Crippen LogP) is 1.83. The lowest BCUT2D eigenvalue weighted by atomic mass is 10.2. The highest BCUT2D eigenvalue weighted by atomic mass is 31.1. The van der Waals surface area contributed by atoms with Crippen molar-refractivity contribution in [3.05, 3.63) is 29.3 Å². The molecule has 0 heterocycles. The molecule has 1 aromatic rings. The van der Waals surface area contributed by atoms with Gasteiger partial charge < -0.3 is 6.15 Å². The Morgan fingerprint density at radius 3 is 1.92 bits per heavy atom. The Morgan fingerprint density at radius 2 is 1.58 bits per heavy atom. The van der Waals surface area contributed by atoms with E-state index in [4.69, 9.17) is 4.89 Å². The van der Waals surface area contributed by atoms with Crippen LogP contribution in [0.4, 0.5) is 0 Å². The molecule has 0 aromatic heterocycles. The molecule has 0 saturated heterocycles. The van der Waals surface area contributed by atoms with Crippen molar-refractivity contribution in [2.24, 2.45) is 0 Å². The third kappa shape index (κ3) is 2.70. The van der Waals surface area contributed by atoms with Crippen molar-refractivity contribution in [3.63, 3.8) is 0 Å². The molecule has 4 N–H and O–H groups in total. The van der Waals surface area contributed by atoms with E-state index >= 15 is 0 Å². The fourth-order valence-corrected chi connectivity index (χ4v) is 1.69. The van der Waals surface area contributed by atoms with Gasteiger partial charge in [-0.1, -0.05) is 6.07 Å². The summed E-state index contributed by atoms with van der Waals surface area (Å²) in [7, 11) is -2.18. The average Bonchev–Trinajstić information content (AvgIpc) is 1.85. The van der Waals surface area contributed by atoms with Crippen LogP contribution in [-0.4, -0.2) is 4.89 Å². The summed E-state index contributed by atoms with van der Waals surface area (Å²) in [4.78, 5) is 8.78. The van der Waals surface area contributed by atoms with E-state index in [-0.39, 0.29) is 6.15 Å². The van der Waals surface area contributed by atoms with Crippen molar-refractivity contribution in [3.8, 4) is 0 Å². The van der Waals surface area contributed by atoms with Crippen LogP contribution in [-0.2, 0) is 4.57 Å². The summed E-state index contributed by atoms with van der Waals surface area (Å²) >= 11 is 0. The molecular formula is C8H13NO2P+. The van der Waals surface area contributed by atoms with Crippen LogP contribution in [0.5, 0.6) is 0 Å². The maximum Gasteiger partial charge on any atom is 0.546 e. The van der Waals surface area contributed by atoms with Gasteiger partial charge in [0.25, 0.3) is 0 Å². The van der Waals surface area contributed by atoms with E-state index < -0.39 is 8.03 Å². The highest BCUT2D eigenvalue weighted by Gasteiger charge is 2.15. The molecule has 4 heteroatoms. The molecule has 1 rings (SSSR count). The first-order chi connectivity index (χ1) is 5.09. The average molecular weight is 186 g/mol. The van der Waals surface area contributed by atoms with Crippen molar-refractivity contribution in [2.75, 3.05) is 0 Å². The van der Waals surface area contributed by atoms with E-state index in [0.717, 1.165) is 11.1 Å². The number of aryl methyl sites for hydroxylation is 2. The Hall–Kier alpha value is -0.760. The molecule has 0 saturated carbocycles. The standard InChI is InChI=1S/C8H9O2P.H3N/c1-6-3-7(2)5-8(4-6)11(9)10;/h3-5H,1-2H3;1H3/p+1. The molecule has 1 atom stereocenters. The van der Waals surface area contributed by atoms with Gasteiger partial charge in [-0.05, 0) is 41.7 Å². The van der Waals surface area contributed by atoms with Crippen molar-refractivity contribution in [2.45, 2.75) is 13.8 Å². The summed E-state index contributed by atoms with van der Waals surface area (Å²) in [6.45, 7) is 3.82. The van der Waals surface area contributed by atoms with Gasteiger partial charge in [0, 0.05) is 0 Å². The van der Waals surface area contributed by atoms with Gasteiger partial charge in [-0.3, -0.25) is 0 Å². The van der Waals surface area contributed by atoms with Crippen LogP contribution in [0, 0.1) is 13.8 Å². The molecule has 1 aromatic carbocycles. The van der Waals surface area contributed by atoms with Gasteiger partial charge >= 0.3 is 8.03 Å². The van der Waals surface area contributed by atoms with Crippen LogP contribution in [0.1, 0.15) is 11.1 Å². The second-order valence-corrected chi connectivity index (χ2v) is 3.68. The Kier molecular flexibility index (Phi) is 4.04. The predicted molar refractivity (Wildman–Crippen MR) is 50.4 cm³/mol. The Bertz CT molecular complexity index is 279. The third-order valence-corrected chi connectivity index (χ3v) is 2.13. The normalized spacial score (nSPS) is 10.4. The minimum Gasteiger partial charge on any atom is -0.344 e. The summed E-state index contributed by atoms with van der Waals surface area (Å²) in [6.07, 6.45) is 0. The Morgan fingerprint density at radius 1 is 1.17 bits per heavy atom. The smallest absolute Gasteiger partial charge is 0.344 e. The third-order valence-electron chi connectivity index (χ3n) is 1.43. The maximum absolute atomic E-state index is 10.7. The molecule has 0 amide bonds. The molecule has 12 heavy (non-hydrogen) atoms. The van der Waals surface area contributed by atoms with Gasteiger partial charge in [-0.25, -0.2) is 0 Å². The molecule has 0 spiro atoms. The van der Waals surface area contributed by atoms with E-state index in [1.807, 2.05) is 19.9 Å². The first kappa shape index (κ1) is 11.2. The van der Waals surface area contributed by atoms with Gasteiger partial charge in [-0.15, -0.1) is 0 Å². The van der Waals surface area contributed by atoms with Crippen molar-refractivity contribution >= 4 is 13.3 Å². The Balaban J connectivity index is 0.00000121. The quantitative estimate of drug-likeness (QED) is 0.657. The highest BCUT2D eigenvalue weighted by Crippen LogP contribution is 2.14. The highest BCUT2D eigenvalue weighted by molar-refractivity contribution is 7.47. The van der Waals surface area contributed by atoms with Gasteiger partial charge in [0.15, 0.2) is 0 Å². The van der Waals surface area contributed by atoms with Crippen LogP contribution in [0.25, 0.3) is 0 Å². The number of hydrogen-bond donors (Lipinski definition) is 2.